The van der Waals surface area contributed by atoms with Gasteiger partial charge in [0.15, 0.2) is 0 Å². The number of nitrogens with zero attached hydrogens (tertiary/aromatic N) is 1. The fourth-order valence-corrected chi connectivity index (χ4v) is 4.10. The number of benzene rings is 1. The lowest BCUT2D eigenvalue weighted by atomic mass is 10.0. The first-order valence-electron chi connectivity index (χ1n) is 11.6. The Kier molecular flexibility index (Phi) is 9.27. The van der Waals surface area contributed by atoms with Gasteiger partial charge in [0.05, 0.1) is 6.54 Å². The van der Waals surface area contributed by atoms with Crippen LogP contribution in [0.5, 0.6) is 0 Å². The highest BCUT2D eigenvalue weighted by molar-refractivity contribution is 5.70. The van der Waals surface area contributed by atoms with Gasteiger partial charge in [0, 0.05) is 55.3 Å². The summed E-state index contributed by atoms with van der Waals surface area (Å²) in [6, 6.07) is 10.2. The van der Waals surface area contributed by atoms with E-state index in [1.54, 1.807) is 0 Å². The van der Waals surface area contributed by atoms with Crippen LogP contribution in [0.3, 0.4) is 0 Å². The standard InChI is InChI=1S/C27H37N3O/c1-4-26-23(21-29-25-15-19-31-20-16-25)10-7-12-27(26)30(5-2)18-8-17-28-24-11-6-9-22(3)13-14-24/h4,7,9-12,25,28-29H,1,5-6,13-16,18-21H2,2-3H3. The molecule has 31 heavy (non-hydrogen) atoms. The Balaban J connectivity index is 1.61. The van der Waals surface area contributed by atoms with Crippen LogP contribution in [0.15, 0.2) is 48.2 Å². The summed E-state index contributed by atoms with van der Waals surface area (Å²) in [6.45, 7) is 12.6. The number of anilines is 1. The van der Waals surface area contributed by atoms with E-state index in [0.717, 1.165) is 58.4 Å². The molecule has 3 rings (SSSR count). The van der Waals surface area contributed by atoms with Crippen LogP contribution in [-0.4, -0.2) is 32.3 Å². The molecule has 4 heteroatoms. The van der Waals surface area contributed by atoms with E-state index in [9.17, 15) is 0 Å². The first-order valence-corrected chi connectivity index (χ1v) is 11.6. The van der Waals surface area contributed by atoms with Gasteiger partial charge in [-0.3, -0.25) is 0 Å². The second-order valence-corrected chi connectivity index (χ2v) is 8.28. The van der Waals surface area contributed by atoms with E-state index >= 15 is 0 Å². The minimum atomic E-state index is 0.534. The molecule has 2 aliphatic rings. The molecule has 1 fully saturated rings. The fraction of sp³-hybridized carbons (Fsp3) is 0.481. The highest BCUT2D eigenvalue weighted by Gasteiger charge is 2.15. The van der Waals surface area contributed by atoms with E-state index in [4.69, 9.17) is 4.74 Å². The second-order valence-electron chi connectivity index (χ2n) is 8.28. The monoisotopic (exact) mass is 419 g/mol. The molecule has 1 saturated heterocycles. The summed E-state index contributed by atoms with van der Waals surface area (Å²) < 4.78 is 5.47. The summed E-state index contributed by atoms with van der Waals surface area (Å²) in [5.41, 5.74) is 6.38. The largest absolute Gasteiger partial charge is 0.381 e. The van der Waals surface area contributed by atoms with Gasteiger partial charge in [-0.25, -0.2) is 0 Å². The molecule has 0 unspecified atom stereocenters. The third kappa shape index (κ3) is 7.02. The Morgan fingerprint density at radius 1 is 1.23 bits per heavy atom. The number of nitrogens with one attached hydrogen (secondary N) is 2. The topological polar surface area (TPSA) is 36.5 Å². The summed E-state index contributed by atoms with van der Waals surface area (Å²) >= 11 is 0. The Labute approximate surface area is 188 Å². The van der Waals surface area contributed by atoms with Gasteiger partial charge in [-0.1, -0.05) is 48.4 Å². The maximum absolute atomic E-state index is 5.47. The molecular weight excluding hydrogens is 382 g/mol. The zero-order chi connectivity index (χ0) is 21.9. The van der Waals surface area contributed by atoms with Gasteiger partial charge in [0.2, 0.25) is 0 Å². The lowest BCUT2D eigenvalue weighted by Gasteiger charge is -2.26. The van der Waals surface area contributed by atoms with Crippen molar-refractivity contribution in [3.05, 3.63) is 59.3 Å². The van der Waals surface area contributed by atoms with Gasteiger partial charge in [0.1, 0.15) is 0 Å². The number of rotatable bonds is 8. The zero-order valence-electron chi connectivity index (χ0n) is 19.2. The first kappa shape index (κ1) is 23.2. The van der Waals surface area contributed by atoms with E-state index in [-0.39, 0.29) is 0 Å². The summed E-state index contributed by atoms with van der Waals surface area (Å²) in [6.07, 6.45) is 11.8. The lowest BCUT2D eigenvalue weighted by molar-refractivity contribution is 0.0776. The average molecular weight is 420 g/mol. The molecule has 1 aromatic rings. The van der Waals surface area contributed by atoms with E-state index in [0.29, 0.717) is 12.6 Å². The highest BCUT2D eigenvalue weighted by Crippen LogP contribution is 2.25. The van der Waals surface area contributed by atoms with Crippen LogP contribution in [0.1, 0.15) is 57.1 Å². The van der Waals surface area contributed by atoms with Crippen molar-refractivity contribution in [1.82, 2.24) is 10.6 Å². The molecule has 1 heterocycles. The Morgan fingerprint density at radius 3 is 2.84 bits per heavy atom. The van der Waals surface area contributed by atoms with Crippen molar-refractivity contribution >= 4 is 11.8 Å². The molecular formula is C27H37N3O. The van der Waals surface area contributed by atoms with Crippen molar-refractivity contribution in [3.63, 3.8) is 0 Å². The third-order valence-corrected chi connectivity index (χ3v) is 6.10. The van der Waals surface area contributed by atoms with Crippen LogP contribution < -0.4 is 15.5 Å². The molecule has 1 aromatic carbocycles. The van der Waals surface area contributed by atoms with E-state index < -0.39 is 0 Å². The van der Waals surface area contributed by atoms with E-state index in [1.165, 1.54) is 28.1 Å². The molecule has 1 aliphatic heterocycles. The maximum Gasteiger partial charge on any atom is 0.0812 e. The van der Waals surface area contributed by atoms with Gasteiger partial charge in [-0.05, 0) is 57.6 Å². The molecule has 2 N–H and O–H groups in total. The molecule has 0 radical (unpaired) electrons. The third-order valence-electron chi connectivity index (χ3n) is 6.10. The first-order chi connectivity index (χ1) is 15.2. The summed E-state index contributed by atoms with van der Waals surface area (Å²) in [5, 5.41) is 7.01. The van der Waals surface area contributed by atoms with E-state index in [2.05, 4.69) is 78.3 Å². The van der Waals surface area contributed by atoms with Gasteiger partial charge < -0.3 is 20.3 Å². The van der Waals surface area contributed by atoms with Gasteiger partial charge in [0.25, 0.3) is 0 Å². The number of ether oxygens (including phenoxy) is 1. The summed E-state index contributed by atoms with van der Waals surface area (Å²) in [5.74, 6) is 3.31. The predicted molar refractivity (Wildman–Crippen MR) is 132 cm³/mol. The molecule has 0 aromatic heterocycles. The Bertz CT molecular complexity index is 853. The normalized spacial score (nSPS) is 17.0. The SMILES string of the molecule is C=Cc1c(CNC2CCOCC2)cccc1N(CC)CC#CNC1=CCC=C(C)CC1. The molecule has 0 bridgehead atoms. The van der Waals surface area contributed by atoms with Crippen molar-refractivity contribution in [3.8, 4) is 12.0 Å². The Morgan fingerprint density at radius 2 is 2.06 bits per heavy atom. The minimum Gasteiger partial charge on any atom is -0.381 e. The second kappa shape index (κ2) is 12.4. The maximum atomic E-state index is 5.47. The number of allylic oxidation sites excluding steroid dienone is 4. The van der Waals surface area contributed by atoms with Gasteiger partial charge >= 0.3 is 0 Å². The molecule has 0 amide bonds. The van der Waals surface area contributed by atoms with Crippen molar-refractivity contribution in [2.45, 2.75) is 58.5 Å². The van der Waals surface area contributed by atoms with Crippen LogP contribution in [-0.2, 0) is 11.3 Å². The Hall–Kier alpha value is -2.48. The molecule has 0 saturated carbocycles. The fourth-order valence-electron chi connectivity index (χ4n) is 4.10. The quantitative estimate of drug-likeness (QED) is 0.354. The highest BCUT2D eigenvalue weighted by atomic mass is 16.5. The van der Waals surface area contributed by atoms with Crippen molar-refractivity contribution < 1.29 is 4.74 Å². The predicted octanol–water partition coefficient (Wildman–Crippen LogP) is 4.99. The molecule has 0 atom stereocenters. The van der Waals surface area contributed by atoms with Gasteiger partial charge in [-0.2, -0.15) is 0 Å². The summed E-state index contributed by atoms with van der Waals surface area (Å²) in [4.78, 5) is 2.32. The smallest absolute Gasteiger partial charge is 0.0812 e. The molecule has 166 valence electrons. The molecule has 1 aliphatic carbocycles. The van der Waals surface area contributed by atoms with Crippen LogP contribution >= 0.6 is 0 Å². The lowest BCUT2D eigenvalue weighted by Crippen LogP contribution is -2.34. The van der Waals surface area contributed by atoms with E-state index in [1.807, 2.05) is 6.08 Å². The van der Waals surface area contributed by atoms with Crippen molar-refractivity contribution in [2.75, 3.05) is 31.2 Å². The van der Waals surface area contributed by atoms with Crippen LogP contribution in [0.4, 0.5) is 5.69 Å². The van der Waals surface area contributed by atoms with Crippen LogP contribution in [0.25, 0.3) is 6.08 Å². The number of hydrogen-bond acceptors (Lipinski definition) is 4. The molecule has 0 spiro atoms. The average Bonchev–Trinajstić information content (AvgIpc) is 3.02. The van der Waals surface area contributed by atoms with Crippen LogP contribution in [0, 0.1) is 12.0 Å². The molecule has 4 nitrogen and oxygen atoms in total. The van der Waals surface area contributed by atoms with Crippen molar-refractivity contribution in [2.24, 2.45) is 0 Å². The van der Waals surface area contributed by atoms with Gasteiger partial charge in [-0.15, -0.1) is 0 Å². The zero-order valence-corrected chi connectivity index (χ0v) is 19.2. The summed E-state index contributed by atoms with van der Waals surface area (Å²) in [7, 11) is 0. The van der Waals surface area contributed by atoms with Crippen LogP contribution in [0.2, 0.25) is 0 Å². The van der Waals surface area contributed by atoms with Crippen molar-refractivity contribution in [1.29, 1.82) is 0 Å². The minimum absolute atomic E-state index is 0.534. The number of hydrogen-bond donors (Lipinski definition) is 2.